The Labute approximate surface area is 235 Å². The molecule has 0 aromatic heterocycles. The van der Waals surface area contributed by atoms with Crippen molar-refractivity contribution < 1.29 is 28.2 Å². The maximum absolute atomic E-state index is 14.7. The van der Waals surface area contributed by atoms with Gasteiger partial charge in [-0.15, -0.1) is 6.42 Å². The van der Waals surface area contributed by atoms with Gasteiger partial charge in [0.05, 0.1) is 10.7 Å². The van der Waals surface area contributed by atoms with Crippen LogP contribution in [0.25, 0.3) is 0 Å². The number of esters is 1. The van der Waals surface area contributed by atoms with Crippen LogP contribution in [0.1, 0.15) is 25.7 Å². The summed E-state index contributed by atoms with van der Waals surface area (Å²) in [5.41, 5.74) is 0.484. The highest BCUT2D eigenvalue weighted by atomic mass is 35.5. The molecule has 1 aromatic carbocycles. The van der Waals surface area contributed by atoms with Crippen LogP contribution in [0.3, 0.4) is 0 Å². The average molecular weight is 546 g/mol. The number of halogens is 2. The molecule has 8 heteroatoms. The lowest BCUT2D eigenvalue weighted by atomic mass is 9.93. The van der Waals surface area contributed by atoms with Crippen molar-refractivity contribution >= 4 is 35.1 Å². The number of nitrogens with zero attached hydrogens (tertiary/aromatic N) is 1. The molecule has 0 spiro atoms. The Bertz CT molecular complexity index is 1790. The van der Waals surface area contributed by atoms with Crippen LogP contribution >= 0.6 is 11.6 Å². The minimum Gasteiger partial charge on any atom is -0.480 e. The number of anilines is 1. The topological polar surface area (TPSA) is 72.9 Å². The lowest BCUT2D eigenvalue weighted by Crippen LogP contribution is -2.32. The molecule has 1 aliphatic heterocycles. The first-order valence-corrected chi connectivity index (χ1v) is 11.7. The summed E-state index contributed by atoms with van der Waals surface area (Å²) in [6, 6.07) is 1.99. The third-order valence-electron chi connectivity index (χ3n) is 5.02. The van der Waals surface area contributed by atoms with Gasteiger partial charge in [0, 0.05) is 58.7 Å². The molecule has 0 atom stereocenters. The van der Waals surface area contributed by atoms with Gasteiger partial charge in [-0.3, -0.25) is 9.59 Å². The highest BCUT2D eigenvalue weighted by molar-refractivity contribution is 6.34. The van der Waals surface area contributed by atoms with Crippen molar-refractivity contribution in [2.45, 2.75) is 25.7 Å². The summed E-state index contributed by atoms with van der Waals surface area (Å²) < 4.78 is 24.6. The quantitative estimate of drug-likeness (QED) is 0.331. The minimum absolute atomic E-state index is 0.126. The van der Waals surface area contributed by atoms with Crippen LogP contribution in [0.5, 0.6) is 5.75 Å². The van der Waals surface area contributed by atoms with Gasteiger partial charge in [-0.1, -0.05) is 11.6 Å². The third kappa shape index (κ3) is 7.78. The Morgan fingerprint density at radius 3 is 1.88 bits per heavy atom. The second-order valence-corrected chi connectivity index (χ2v) is 7.89. The van der Waals surface area contributed by atoms with Crippen LogP contribution < -0.4 is 9.64 Å². The van der Waals surface area contributed by atoms with Gasteiger partial charge < -0.3 is 9.47 Å². The van der Waals surface area contributed by atoms with Gasteiger partial charge in [0.1, 0.15) is 17.7 Å². The van der Waals surface area contributed by atoms with E-state index in [4.69, 9.17) is 22.8 Å². The summed E-state index contributed by atoms with van der Waals surface area (Å²) in [4.78, 5) is 38.2. The van der Waals surface area contributed by atoms with Gasteiger partial charge >= 0.3 is 5.97 Å². The first kappa shape index (κ1) is 28.6. The molecule has 2 aliphatic rings. The summed E-state index contributed by atoms with van der Waals surface area (Å²) in [5, 5.41) is -0.169. The van der Waals surface area contributed by atoms with E-state index in [1.165, 1.54) is 0 Å². The number of carbonyl (C=O) groups is 3. The van der Waals surface area contributed by atoms with Crippen molar-refractivity contribution in [2.24, 2.45) is 0 Å². The van der Waals surface area contributed by atoms with E-state index >= 15 is 0 Å². The number of hydrogen-bond donors (Lipinski definition) is 0. The molecule has 0 saturated heterocycles. The zero-order chi connectivity index (χ0) is 28.7. The highest BCUT2D eigenvalue weighted by Gasteiger charge is 2.41. The summed E-state index contributed by atoms with van der Waals surface area (Å²) in [7, 11) is 0. The van der Waals surface area contributed by atoms with Crippen LogP contribution in [0.2, 0.25) is 5.02 Å². The Morgan fingerprint density at radius 2 is 1.35 bits per heavy atom. The molecule has 190 valence electrons. The lowest BCUT2D eigenvalue weighted by Gasteiger charge is -2.18. The predicted molar refractivity (Wildman–Crippen MR) is 144 cm³/mol. The molecule has 0 radical (unpaired) electrons. The highest BCUT2D eigenvalue weighted by Crippen LogP contribution is 2.39. The van der Waals surface area contributed by atoms with E-state index in [0.717, 1.165) is 29.9 Å². The fourth-order valence-corrected chi connectivity index (χ4v) is 3.62. The average Bonchev–Trinajstić information content (AvgIpc) is 3.20. The normalized spacial score (nSPS) is 12.1. The van der Waals surface area contributed by atoms with Crippen LogP contribution in [-0.4, -0.2) is 24.4 Å². The molecule has 0 saturated carbocycles. The number of ether oxygens (including phenoxy) is 2. The first-order valence-electron chi connectivity index (χ1n) is 11.3. The van der Waals surface area contributed by atoms with E-state index < -0.39 is 30.2 Å². The van der Waals surface area contributed by atoms with Crippen molar-refractivity contribution in [1.82, 2.24) is 0 Å². The maximum atomic E-state index is 14.7. The first-order chi connectivity index (χ1) is 19.4. The summed E-state index contributed by atoms with van der Waals surface area (Å²) >= 11 is 6.02. The van der Waals surface area contributed by atoms with Crippen molar-refractivity contribution in [1.29, 1.82) is 0 Å². The van der Waals surface area contributed by atoms with Gasteiger partial charge in [0.25, 0.3) is 11.8 Å². The van der Waals surface area contributed by atoms with Crippen LogP contribution in [0.15, 0.2) is 23.3 Å². The van der Waals surface area contributed by atoms with Crippen LogP contribution in [0, 0.1) is 101 Å². The van der Waals surface area contributed by atoms with E-state index in [-0.39, 0.29) is 16.5 Å². The second-order valence-electron chi connectivity index (χ2n) is 7.48. The Kier molecular flexibility index (Phi) is 10.5. The van der Waals surface area contributed by atoms with E-state index in [1.807, 2.05) is 0 Å². The summed E-state index contributed by atoms with van der Waals surface area (Å²) in [5.74, 6) is 30.1. The minimum atomic E-state index is -0.898. The fraction of sp³-hybridized carbons (Fsp3) is 0.156. The van der Waals surface area contributed by atoms with Crippen molar-refractivity contribution in [3.05, 3.63) is 34.1 Å². The molecule has 0 bridgehead atoms. The monoisotopic (exact) mass is 545 g/mol. The molecule has 6 nitrogen and oxygen atoms in total. The van der Waals surface area contributed by atoms with Gasteiger partial charge in [-0.05, 0) is 73.2 Å². The molecule has 3 rings (SSSR count). The van der Waals surface area contributed by atoms with E-state index in [2.05, 4.69) is 93.7 Å². The molecule has 0 fully saturated rings. The van der Waals surface area contributed by atoms with Crippen LogP contribution in [0.4, 0.5) is 10.1 Å². The summed E-state index contributed by atoms with van der Waals surface area (Å²) in [6.45, 7) is -0.638. The molecule has 0 unspecified atom stereocenters. The Morgan fingerprint density at radius 1 is 0.850 bits per heavy atom. The van der Waals surface area contributed by atoms with Gasteiger partial charge in [0.15, 0.2) is 6.61 Å². The summed E-state index contributed by atoms with van der Waals surface area (Å²) in [6.07, 6.45) is 9.47. The third-order valence-corrected chi connectivity index (χ3v) is 5.31. The van der Waals surface area contributed by atoms with Crippen LogP contribution in [-0.2, 0) is 19.1 Å². The predicted octanol–water partition coefficient (Wildman–Crippen LogP) is 2.76. The number of terminal acetylenes is 1. The van der Waals surface area contributed by atoms with E-state index in [1.54, 1.807) is 0 Å². The molecule has 1 heterocycles. The zero-order valence-corrected chi connectivity index (χ0v) is 21.3. The van der Waals surface area contributed by atoms with E-state index in [9.17, 15) is 18.8 Å². The van der Waals surface area contributed by atoms with Gasteiger partial charge in [0.2, 0.25) is 0 Å². The zero-order valence-electron chi connectivity index (χ0n) is 20.5. The number of hydrogen-bond acceptors (Lipinski definition) is 5. The lowest BCUT2D eigenvalue weighted by molar-refractivity contribution is -0.139. The maximum Gasteiger partial charge on any atom is 0.358 e. The standard InChI is InChI=1S/C32H13ClFNO5/c1-2-3-4-5-6-7-8-9-10-11-12-13-14-17-20-39-30(36)23-40-29-22-28(27(34)21-26(29)33)35-31(37)24-18-15-16-19-25(24)32(35)38/h1,21-22H,15-16,18-19,23H2. The molecular formula is C32H13ClFNO5. The molecule has 1 aromatic rings. The molecule has 2 amide bonds. The van der Waals surface area contributed by atoms with Crippen molar-refractivity contribution in [3.8, 4) is 101 Å². The number of carbonyl (C=O) groups excluding carboxylic acids is 3. The van der Waals surface area contributed by atoms with Gasteiger partial charge in [-0.25, -0.2) is 14.1 Å². The van der Waals surface area contributed by atoms with Crippen molar-refractivity contribution in [2.75, 3.05) is 11.5 Å². The van der Waals surface area contributed by atoms with E-state index in [0.29, 0.717) is 24.0 Å². The molecule has 1 aliphatic carbocycles. The van der Waals surface area contributed by atoms with Gasteiger partial charge in [-0.2, -0.15) is 0 Å². The number of rotatable bonds is 4. The largest absolute Gasteiger partial charge is 0.480 e. The number of benzene rings is 1. The molecule has 40 heavy (non-hydrogen) atoms. The Balaban J connectivity index is 1.53. The second kappa shape index (κ2) is 14.7. The fourth-order valence-electron chi connectivity index (χ4n) is 3.41. The Hall–Kier alpha value is -5.93. The molecule has 0 N–H and O–H groups in total. The number of imide groups is 1. The van der Waals surface area contributed by atoms with Crippen molar-refractivity contribution in [3.63, 3.8) is 0 Å². The number of amides is 2. The molecular weight excluding hydrogens is 533 g/mol. The smallest absolute Gasteiger partial charge is 0.358 e. The SMILES string of the molecule is C#CC#CC#CC#CC#CC#CC#CC#COC(=O)COc1cc(N2C(=O)C3=C(CCCC3)C2=O)c(F)cc1Cl.